The van der Waals surface area contributed by atoms with Gasteiger partial charge < -0.3 is 19.9 Å². The van der Waals surface area contributed by atoms with Crippen LogP contribution in [0.1, 0.15) is 73.9 Å². The van der Waals surface area contributed by atoms with Crippen molar-refractivity contribution < 1.29 is 14.3 Å². The Morgan fingerprint density at radius 2 is 1.79 bits per heavy atom. The third-order valence-electron chi connectivity index (χ3n) is 9.35. The van der Waals surface area contributed by atoms with Gasteiger partial charge in [0.15, 0.2) is 0 Å². The number of rotatable bonds is 9. The zero-order chi connectivity index (χ0) is 26.1. The minimum atomic E-state index is -0.102. The van der Waals surface area contributed by atoms with Gasteiger partial charge in [-0.2, -0.15) is 0 Å². The normalized spacial score (nSPS) is 29.2. The van der Waals surface area contributed by atoms with E-state index in [0.29, 0.717) is 26.3 Å². The maximum absolute atomic E-state index is 14.0. The second-order valence-electron chi connectivity index (χ2n) is 12.0. The van der Waals surface area contributed by atoms with Crippen LogP contribution in [-0.2, 0) is 16.0 Å². The van der Waals surface area contributed by atoms with Crippen LogP contribution in [0, 0.1) is 17.8 Å². The molecule has 1 aromatic heterocycles. The van der Waals surface area contributed by atoms with Gasteiger partial charge in [0.25, 0.3) is 0 Å². The number of fused-ring (bicyclic) bond motifs is 1. The van der Waals surface area contributed by atoms with Crippen molar-refractivity contribution in [2.75, 3.05) is 32.8 Å². The Labute approximate surface area is 230 Å². The molecule has 1 unspecified atom stereocenters. The van der Waals surface area contributed by atoms with Crippen LogP contribution in [0.5, 0.6) is 0 Å². The second-order valence-corrected chi connectivity index (χ2v) is 13.1. The molecule has 1 aliphatic heterocycles. The molecule has 1 atom stereocenters. The zero-order valence-electron chi connectivity index (χ0n) is 22.6. The Balaban J connectivity index is 1.19. The third-order valence-corrected chi connectivity index (χ3v) is 10.3. The van der Waals surface area contributed by atoms with E-state index in [1.165, 1.54) is 29.7 Å². The summed E-state index contributed by atoms with van der Waals surface area (Å²) in [5.41, 5.74) is 2.28. The van der Waals surface area contributed by atoms with Crippen LogP contribution in [0.25, 0.3) is 0 Å². The molecule has 0 saturated heterocycles. The number of nitrogens with zero attached hydrogens (tertiary/aromatic N) is 2. The highest BCUT2D eigenvalue weighted by atomic mass is 32.1. The van der Waals surface area contributed by atoms with Crippen LogP contribution in [0.4, 0.5) is 4.79 Å². The summed E-state index contributed by atoms with van der Waals surface area (Å²) in [6.07, 6.45) is 8.93. The fourth-order valence-corrected chi connectivity index (χ4v) is 9.06. The van der Waals surface area contributed by atoms with Crippen LogP contribution >= 0.6 is 11.3 Å². The molecule has 0 spiro atoms. The number of hydrogen-bond acceptors (Lipinski definition) is 4. The Morgan fingerprint density at radius 1 is 1.08 bits per heavy atom. The quantitative estimate of drug-likeness (QED) is 0.424. The molecule has 38 heavy (non-hydrogen) atoms. The molecule has 2 heterocycles. The number of benzene rings is 1. The van der Waals surface area contributed by atoms with Gasteiger partial charge in [0.05, 0.1) is 6.04 Å². The maximum atomic E-state index is 14.0. The van der Waals surface area contributed by atoms with E-state index >= 15 is 0 Å². The van der Waals surface area contributed by atoms with Crippen molar-refractivity contribution >= 4 is 23.3 Å². The molecule has 204 valence electrons. The summed E-state index contributed by atoms with van der Waals surface area (Å²) in [6.45, 7) is 4.55. The van der Waals surface area contributed by atoms with Gasteiger partial charge in [0.2, 0.25) is 5.91 Å². The first-order chi connectivity index (χ1) is 18.5. The van der Waals surface area contributed by atoms with Gasteiger partial charge in [-0.05, 0) is 98.6 Å². The maximum Gasteiger partial charge on any atom is 0.318 e. The van der Waals surface area contributed by atoms with Crippen molar-refractivity contribution in [3.63, 3.8) is 0 Å². The molecule has 5 aliphatic rings. The standard InChI is InChI=1S/C31H41N3O3S/c1-2-37-13-6-11-33(30(36)32-31-18-22-15-23(19-31)17-24(16-22)20-31)21-28(35)34-12-9-27-26(10-14-38-27)29(34)25-7-4-3-5-8-25/h3-5,7-8,10,14,22-24,29H,2,6,9,11-13,15-21H2,1H3,(H,32,36). The van der Waals surface area contributed by atoms with Crippen molar-refractivity contribution in [2.24, 2.45) is 17.8 Å². The topological polar surface area (TPSA) is 61.9 Å². The number of amides is 3. The number of urea groups is 1. The molecule has 2 aromatic rings. The summed E-state index contributed by atoms with van der Waals surface area (Å²) in [7, 11) is 0. The second kappa shape index (κ2) is 11.0. The first-order valence-electron chi connectivity index (χ1n) is 14.6. The number of nitrogens with one attached hydrogen (secondary N) is 1. The van der Waals surface area contributed by atoms with E-state index in [-0.39, 0.29) is 30.1 Å². The van der Waals surface area contributed by atoms with Crippen molar-refractivity contribution in [2.45, 2.75) is 69.9 Å². The van der Waals surface area contributed by atoms with Crippen LogP contribution in [-0.4, -0.2) is 60.1 Å². The highest BCUT2D eigenvalue weighted by Gasteiger charge is 2.52. The summed E-state index contributed by atoms with van der Waals surface area (Å²) < 4.78 is 5.57. The fraction of sp³-hybridized carbons (Fsp3) is 0.613. The largest absolute Gasteiger partial charge is 0.382 e. The lowest BCUT2D eigenvalue weighted by molar-refractivity contribution is -0.134. The van der Waals surface area contributed by atoms with Crippen molar-refractivity contribution in [3.05, 3.63) is 57.8 Å². The molecule has 7 rings (SSSR count). The molecule has 1 aromatic carbocycles. The van der Waals surface area contributed by atoms with Crippen LogP contribution in [0.2, 0.25) is 0 Å². The Morgan fingerprint density at radius 3 is 2.47 bits per heavy atom. The lowest BCUT2D eigenvalue weighted by Crippen LogP contribution is -2.62. The molecule has 4 saturated carbocycles. The Bertz CT molecular complexity index is 1100. The van der Waals surface area contributed by atoms with E-state index in [9.17, 15) is 9.59 Å². The molecule has 6 nitrogen and oxygen atoms in total. The predicted molar refractivity (Wildman–Crippen MR) is 150 cm³/mol. The first kappa shape index (κ1) is 25.9. The Hall–Kier alpha value is -2.38. The predicted octanol–water partition coefficient (Wildman–Crippen LogP) is 5.63. The monoisotopic (exact) mass is 535 g/mol. The lowest BCUT2D eigenvalue weighted by Gasteiger charge is -2.57. The van der Waals surface area contributed by atoms with Crippen molar-refractivity contribution in [1.29, 1.82) is 0 Å². The number of hydrogen-bond donors (Lipinski definition) is 1. The van der Waals surface area contributed by atoms with Gasteiger partial charge in [-0.3, -0.25) is 4.79 Å². The van der Waals surface area contributed by atoms with Gasteiger partial charge in [-0.15, -0.1) is 11.3 Å². The number of carbonyl (C=O) groups excluding carboxylic acids is 2. The van der Waals surface area contributed by atoms with Crippen LogP contribution < -0.4 is 5.32 Å². The van der Waals surface area contributed by atoms with Gasteiger partial charge in [-0.1, -0.05) is 30.3 Å². The van der Waals surface area contributed by atoms with Gasteiger partial charge in [0.1, 0.15) is 6.54 Å². The minimum Gasteiger partial charge on any atom is -0.382 e. The van der Waals surface area contributed by atoms with E-state index in [2.05, 4.69) is 28.9 Å². The summed E-state index contributed by atoms with van der Waals surface area (Å²) >= 11 is 1.78. The Kier molecular flexibility index (Phi) is 7.50. The smallest absolute Gasteiger partial charge is 0.318 e. The van der Waals surface area contributed by atoms with Gasteiger partial charge >= 0.3 is 6.03 Å². The van der Waals surface area contributed by atoms with E-state index in [1.54, 1.807) is 16.2 Å². The van der Waals surface area contributed by atoms with E-state index in [1.807, 2.05) is 30.0 Å². The van der Waals surface area contributed by atoms with E-state index in [4.69, 9.17) is 4.74 Å². The van der Waals surface area contributed by atoms with E-state index < -0.39 is 0 Å². The summed E-state index contributed by atoms with van der Waals surface area (Å²) in [5, 5.41) is 5.64. The van der Waals surface area contributed by atoms with Crippen molar-refractivity contribution in [1.82, 2.24) is 15.1 Å². The number of ether oxygens (including phenoxy) is 1. The van der Waals surface area contributed by atoms with E-state index in [0.717, 1.165) is 55.4 Å². The molecular formula is C31H41N3O3S. The zero-order valence-corrected chi connectivity index (χ0v) is 23.4. The lowest BCUT2D eigenvalue weighted by atomic mass is 9.53. The molecule has 0 radical (unpaired) electrons. The van der Waals surface area contributed by atoms with Gasteiger partial charge in [0, 0.05) is 36.7 Å². The van der Waals surface area contributed by atoms with Crippen molar-refractivity contribution in [3.8, 4) is 0 Å². The molecule has 3 amide bonds. The van der Waals surface area contributed by atoms with Gasteiger partial charge in [-0.25, -0.2) is 4.79 Å². The minimum absolute atomic E-state index is 0.0211. The number of carbonyl (C=O) groups is 2. The summed E-state index contributed by atoms with van der Waals surface area (Å²) in [6, 6.07) is 12.3. The molecule has 4 fully saturated rings. The summed E-state index contributed by atoms with van der Waals surface area (Å²) in [4.78, 5) is 32.9. The average Bonchev–Trinajstić information content (AvgIpc) is 3.38. The average molecular weight is 536 g/mol. The highest BCUT2D eigenvalue weighted by molar-refractivity contribution is 7.10. The molecule has 4 bridgehead atoms. The summed E-state index contributed by atoms with van der Waals surface area (Å²) in [5.74, 6) is 2.30. The molecular weight excluding hydrogens is 494 g/mol. The molecule has 1 N–H and O–H groups in total. The first-order valence-corrected chi connectivity index (χ1v) is 15.5. The fourth-order valence-electron chi connectivity index (χ4n) is 8.16. The highest BCUT2D eigenvalue weighted by Crippen LogP contribution is 2.55. The molecule has 4 aliphatic carbocycles. The number of thiophene rings is 1. The SMILES string of the molecule is CCOCCCN(CC(=O)N1CCc2sccc2C1c1ccccc1)C(=O)NC12CC3CC(CC(C3)C1)C2. The van der Waals surface area contributed by atoms with Crippen LogP contribution in [0.3, 0.4) is 0 Å². The molecule has 7 heteroatoms. The third kappa shape index (κ3) is 5.24. The van der Waals surface area contributed by atoms with Crippen LogP contribution in [0.15, 0.2) is 41.8 Å².